The van der Waals surface area contributed by atoms with Gasteiger partial charge in [-0.15, -0.1) is 0 Å². The van der Waals surface area contributed by atoms with Gasteiger partial charge in [-0.1, -0.05) is 0 Å². The number of rotatable bonds is 3. The number of aromatic nitrogens is 1. The highest BCUT2D eigenvalue weighted by Crippen LogP contribution is 2.27. The summed E-state index contributed by atoms with van der Waals surface area (Å²) in [5, 5.41) is 8.61. The Kier molecular flexibility index (Phi) is 3.24. The molecule has 1 N–H and O–H groups in total. The van der Waals surface area contributed by atoms with E-state index in [1.807, 2.05) is 0 Å². The van der Waals surface area contributed by atoms with E-state index in [-0.39, 0.29) is 6.42 Å². The molecule has 0 bridgehead atoms. The van der Waals surface area contributed by atoms with Crippen LogP contribution >= 0.6 is 0 Å². The predicted molar refractivity (Wildman–Crippen MR) is 57.3 cm³/mol. The number of hydrogen-bond acceptors (Lipinski definition) is 4. The highest BCUT2D eigenvalue weighted by Gasteiger charge is 2.22. The van der Waals surface area contributed by atoms with Crippen molar-refractivity contribution >= 4 is 5.97 Å². The SMILES string of the molecule is CN1CCC(c2cnc(CC(=O)O)o2)CC1. The molecule has 88 valence electrons. The van der Waals surface area contributed by atoms with Crippen molar-refractivity contribution in [3.63, 3.8) is 0 Å². The Hall–Kier alpha value is -1.36. The third kappa shape index (κ3) is 2.61. The number of oxazole rings is 1. The van der Waals surface area contributed by atoms with Gasteiger partial charge >= 0.3 is 5.97 Å². The zero-order valence-electron chi connectivity index (χ0n) is 9.35. The van der Waals surface area contributed by atoms with Crippen LogP contribution in [0.4, 0.5) is 0 Å². The first-order valence-corrected chi connectivity index (χ1v) is 5.50. The van der Waals surface area contributed by atoms with E-state index < -0.39 is 5.97 Å². The maximum Gasteiger partial charge on any atom is 0.312 e. The lowest BCUT2D eigenvalue weighted by Crippen LogP contribution is -2.29. The maximum absolute atomic E-state index is 10.5. The van der Waals surface area contributed by atoms with Crippen LogP contribution in [0.5, 0.6) is 0 Å². The molecule has 0 saturated carbocycles. The molecule has 0 aromatic carbocycles. The van der Waals surface area contributed by atoms with E-state index in [2.05, 4.69) is 16.9 Å². The summed E-state index contributed by atoms with van der Waals surface area (Å²) in [5.41, 5.74) is 0. The fraction of sp³-hybridized carbons (Fsp3) is 0.636. The molecular weight excluding hydrogens is 208 g/mol. The van der Waals surface area contributed by atoms with Gasteiger partial charge in [0.05, 0.1) is 6.20 Å². The van der Waals surface area contributed by atoms with Gasteiger partial charge in [0.1, 0.15) is 12.2 Å². The van der Waals surface area contributed by atoms with Gasteiger partial charge in [0, 0.05) is 5.92 Å². The van der Waals surface area contributed by atoms with E-state index in [4.69, 9.17) is 9.52 Å². The van der Waals surface area contributed by atoms with Crippen LogP contribution in [-0.2, 0) is 11.2 Å². The van der Waals surface area contributed by atoms with Gasteiger partial charge < -0.3 is 14.4 Å². The smallest absolute Gasteiger partial charge is 0.312 e. The minimum atomic E-state index is -0.906. The van der Waals surface area contributed by atoms with Crippen LogP contribution in [0.25, 0.3) is 0 Å². The topological polar surface area (TPSA) is 66.6 Å². The molecule has 2 heterocycles. The normalized spacial score (nSPS) is 18.8. The van der Waals surface area contributed by atoms with Gasteiger partial charge in [0.25, 0.3) is 0 Å². The molecule has 5 heteroatoms. The highest BCUT2D eigenvalue weighted by atomic mass is 16.4. The monoisotopic (exact) mass is 224 g/mol. The Balaban J connectivity index is 1.99. The lowest BCUT2D eigenvalue weighted by Gasteiger charge is -2.27. The van der Waals surface area contributed by atoms with Crippen LogP contribution in [0.2, 0.25) is 0 Å². The summed E-state index contributed by atoms with van der Waals surface area (Å²) in [6, 6.07) is 0. The molecule has 0 atom stereocenters. The standard InChI is InChI=1S/C11H16N2O3/c1-13-4-2-8(3-5-13)9-7-12-10(16-9)6-11(14)15/h7-8H,2-6H2,1H3,(H,14,15). The molecule has 0 amide bonds. The number of likely N-dealkylation sites (tertiary alicyclic amines) is 1. The summed E-state index contributed by atoms with van der Waals surface area (Å²) in [5.74, 6) is 0.633. The first kappa shape index (κ1) is 11.1. The van der Waals surface area contributed by atoms with Crippen molar-refractivity contribution in [1.82, 2.24) is 9.88 Å². The van der Waals surface area contributed by atoms with Crippen molar-refractivity contribution < 1.29 is 14.3 Å². The molecule has 1 aliphatic heterocycles. The summed E-state index contributed by atoms with van der Waals surface area (Å²) in [4.78, 5) is 16.8. The molecule has 0 aliphatic carbocycles. The molecule has 1 aromatic rings. The number of piperidine rings is 1. The van der Waals surface area contributed by atoms with Gasteiger partial charge in [-0.3, -0.25) is 4.79 Å². The summed E-state index contributed by atoms with van der Waals surface area (Å²) in [7, 11) is 2.10. The Morgan fingerprint density at radius 1 is 1.62 bits per heavy atom. The lowest BCUT2D eigenvalue weighted by atomic mass is 9.95. The van der Waals surface area contributed by atoms with E-state index in [1.165, 1.54) is 0 Å². The predicted octanol–water partition coefficient (Wildman–Crippen LogP) is 1.11. The zero-order valence-corrected chi connectivity index (χ0v) is 9.35. The summed E-state index contributed by atoms with van der Waals surface area (Å²) >= 11 is 0. The average molecular weight is 224 g/mol. The maximum atomic E-state index is 10.5. The van der Waals surface area contributed by atoms with Gasteiger partial charge in [0.15, 0.2) is 0 Å². The van der Waals surface area contributed by atoms with Crippen LogP contribution < -0.4 is 0 Å². The Bertz CT molecular complexity index is 367. The Morgan fingerprint density at radius 3 is 2.94 bits per heavy atom. The van der Waals surface area contributed by atoms with Crippen molar-refractivity contribution in [3.8, 4) is 0 Å². The number of carbonyl (C=O) groups is 1. The molecule has 1 aliphatic rings. The first-order valence-electron chi connectivity index (χ1n) is 5.50. The highest BCUT2D eigenvalue weighted by molar-refractivity contribution is 5.68. The fourth-order valence-corrected chi connectivity index (χ4v) is 2.02. The molecule has 1 saturated heterocycles. The van der Waals surface area contributed by atoms with Gasteiger partial charge in [-0.05, 0) is 33.0 Å². The van der Waals surface area contributed by atoms with E-state index >= 15 is 0 Å². The van der Waals surface area contributed by atoms with E-state index in [9.17, 15) is 4.79 Å². The lowest BCUT2D eigenvalue weighted by molar-refractivity contribution is -0.136. The van der Waals surface area contributed by atoms with E-state index in [0.29, 0.717) is 11.8 Å². The molecule has 0 radical (unpaired) electrons. The molecule has 2 rings (SSSR count). The number of carboxylic acid groups (broad SMARTS) is 1. The van der Waals surface area contributed by atoms with Gasteiger partial charge in [-0.2, -0.15) is 0 Å². The molecule has 0 spiro atoms. The third-order valence-electron chi connectivity index (χ3n) is 2.99. The van der Waals surface area contributed by atoms with Crippen molar-refractivity contribution in [2.45, 2.75) is 25.2 Å². The summed E-state index contributed by atoms with van der Waals surface area (Å²) in [6.07, 6.45) is 3.65. The molecule has 5 nitrogen and oxygen atoms in total. The van der Waals surface area contributed by atoms with Crippen molar-refractivity contribution in [3.05, 3.63) is 17.8 Å². The number of carboxylic acids is 1. The fourth-order valence-electron chi connectivity index (χ4n) is 2.02. The Labute approximate surface area is 94.1 Å². The van der Waals surface area contributed by atoms with Crippen LogP contribution in [0, 0.1) is 0 Å². The van der Waals surface area contributed by atoms with Crippen molar-refractivity contribution in [1.29, 1.82) is 0 Å². The zero-order chi connectivity index (χ0) is 11.5. The van der Waals surface area contributed by atoms with Crippen LogP contribution in [-0.4, -0.2) is 41.1 Å². The number of nitrogens with zero attached hydrogens (tertiary/aromatic N) is 2. The second kappa shape index (κ2) is 4.65. The molecular formula is C11H16N2O3. The van der Waals surface area contributed by atoms with Gasteiger partial charge in [0.2, 0.25) is 5.89 Å². The minimum Gasteiger partial charge on any atom is -0.481 e. The minimum absolute atomic E-state index is 0.132. The number of aliphatic carboxylic acids is 1. The van der Waals surface area contributed by atoms with E-state index in [0.717, 1.165) is 31.7 Å². The van der Waals surface area contributed by atoms with Crippen molar-refractivity contribution in [2.24, 2.45) is 0 Å². The molecule has 1 aromatic heterocycles. The van der Waals surface area contributed by atoms with Crippen LogP contribution in [0.15, 0.2) is 10.6 Å². The number of hydrogen-bond donors (Lipinski definition) is 1. The third-order valence-corrected chi connectivity index (χ3v) is 2.99. The molecule has 1 fully saturated rings. The van der Waals surface area contributed by atoms with Crippen molar-refractivity contribution in [2.75, 3.05) is 20.1 Å². The quantitative estimate of drug-likeness (QED) is 0.833. The first-order chi connectivity index (χ1) is 7.65. The summed E-state index contributed by atoms with van der Waals surface area (Å²) < 4.78 is 5.46. The Morgan fingerprint density at radius 2 is 2.31 bits per heavy atom. The van der Waals surface area contributed by atoms with Gasteiger partial charge in [-0.25, -0.2) is 4.98 Å². The molecule has 16 heavy (non-hydrogen) atoms. The largest absolute Gasteiger partial charge is 0.481 e. The average Bonchev–Trinajstić information content (AvgIpc) is 2.66. The second-order valence-corrected chi connectivity index (χ2v) is 4.30. The van der Waals surface area contributed by atoms with Crippen LogP contribution in [0.1, 0.15) is 30.4 Å². The van der Waals surface area contributed by atoms with Crippen LogP contribution in [0.3, 0.4) is 0 Å². The van der Waals surface area contributed by atoms with E-state index in [1.54, 1.807) is 6.20 Å². The second-order valence-electron chi connectivity index (χ2n) is 4.30. The molecule has 0 unspecified atom stereocenters. The summed E-state index contributed by atoms with van der Waals surface area (Å²) in [6.45, 7) is 2.11.